The average Bonchev–Trinajstić information content (AvgIpc) is 2.89. The van der Waals surface area contributed by atoms with Crippen LogP contribution in [-0.4, -0.2) is 86.5 Å². The number of halogens is 1. The summed E-state index contributed by atoms with van der Waals surface area (Å²) in [7, 11) is -1.27. The minimum absolute atomic E-state index is 0.157. The summed E-state index contributed by atoms with van der Waals surface area (Å²) in [6.45, 7) is 8.46. The number of hydrogen-bond acceptors (Lipinski definition) is 11. The van der Waals surface area contributed by atoms with Crippen molar-refractivity contribution in [2.24, 2.45) is 10.3 Å². The summed E-state index contributed by atoms with van der Waals surface area (Å²) in [5.74, 6) is 1.83. The first-order valence-electron chi connectivity index (χ1n) is 13.6. The third-order valence-electron chi connectivity index (χ3n) is 6.74. The van der Waals surface area contributed by atoms with Crippen LogP contribution in [0.15, 0.2) is 28.9 Å². The summed E-state index contributed by atoms with van der Waals surface area (Å²) in [4.78, 5) is 40.9. The molecule has 2 saturated heterocycles. The quantitative estimate of drug-likeness (QED) is 0.328. The molecule has 0 atom stereocenters. The maximum Gasteiger partial charge on any atom is 0.442 e. The third-order valence-corrected chi connectivity index (χ3v) is 9.06. The molecule has 14 heteroatoms. The van der Waals surface area contributed by atoms with Crippen molar-refractivity contribution in [3.8, 4) is 11.6 Å². The van der Waals surface area contributed by atoms with Gasteiger partial charge in [0.05, 0.1) is 40.7 Å². The number of carbonyl (C=O) groups excluding carboxylic acids is 2. The summed E-state index contributed by atoms with van der Waals surface area (Å²) in [6.07, 6.45) is 4.64. The number of pyridine rings is 1. The molecule has 4 rings (SSSR count). The molecule has 0 aliphatic carbocycles. The molecule has 0 radical (unpaired) electrons. The van der Waals surface area contributed by atoms with Gasteiger partial charge in [-0.25, -0.2) is 24.0 Å². The lowest BCUT2D eigenvalue weighted by Crippen LogP contribution is -2.41. The Morgan fingerprint density at radius 3 is 2.37 bits per heavy atom. The van der Waals surface area contributed by atoms with Gasteiger partial charge in [-0.15, -0.1) is 4.36 Å². The van der Waals surface area contributed by atoms with E-state index in [1.54, 1.807) is 33.2 Å². The van der Waals surface area contributed by atoms with Crippen LogP contribution >= 0.6 is 11.6 Å². The van der Waals surface area contributed by atoms with Gasteiger partial charge in [0.25, 0.3) is 0 Å². The first kappa shape index (κ1) is 30.9. The zero-order valence-electron chi connectivity index (χ0n) is 23.9. The molecule has 2 aliphatic rings. The van der Waals surface area contributed by atoms with Crippen LogP contribution in [0.25, 0.3) is 0 Å². The zero-order valence-corrected chi connectivity index (χ0v) is 25.4. The topological polar surface area (TPSA) is 136 Å². The van der Waals surface area contributed by atoms with E-state index in [-0.39, 0.29) is 17.5 Å². The molecule has 0 N–H and O–H groups in total. The van der Waals surface area contributed by atoms with Crippen molar-refractivity contribution >= 4 is 39.3 Å². The van der Waals surface area contributed by atoms with E-state index in [0.29, 0.717) is 54.7 Å². The average molecular weight is 609 g/mol. The number of ether oxygens (including phenoxy) is 3. The maximum atomic E-state index is 13.0. The first-order chi connectivity index (χ1) is 19.4. The molecule has 2 aromatic heterocycles. The highest BCUT2D eigenvalue weighted by atomic mass is 35.5. The van der Waals surface area contributed by atoms with Crippen LogP contribution in [0.2, 0.25) is 5.15 Å². The molecular weight excluding hydrogens is 572 g/mol. The fourth-order valence-electron chi connectivity index (χ4n) is 4.67. The number of nitrogens with zero attached hydrogens (tertiary/aromatic N) is 6. The highest BCUT2D eigenvalue weighted by Gasteiger charge is 2.26. The Morgan fingerprint density at radius 2 is 1.76 bits per heavy atom. The van der Waals surface area contributed by atoms with Gasteiger partial charge < -0.3 is 19.1 Å². The van der Waals surface area contributed by atoms with E-state index in [2.05, 4.69) is 24.2 Å². The van der Waals surface area contributed by atoms with Gasteiger partial charge in [-0.05, 0) is 64.3 Å². The van der Waals surface area contributed by atoms with Gasteiger partial charge in [-0.1, -0.05) is 11.6 Å². The van der Waals surface area contributed by atoms with Gasteiger partial charge >= 0.3 is 12.1 Å². The lowest BCUT2D eigenvalue weighted by Gasteiger charge is -2.31. The molecule has 0 bridgehead atoms. The Bertz CT molecular complexity index is 1340. The Morgan fingerprint density at radius 1 is 1.10 bits per heavy atom. The molecular formula is C27H37ClN6O6S. The minimum Gasteiger partial charge on any atom is -0.469 e. The predicted octanol–water partition coefficient (Wildman–Crippen LogP) is 4.32. The van der Waals surface area contributed by atoms with Crippen LogP contribution in [0.3, 0.4) is 0 Å². The molecule has 4 heterocycles. The van der Waals surface area contributed by atoms with Crippen molar-refractivity contribution in [1.82, 2.24) is 19.9 Å². The number of methoxy groups -OCH3 is 1. The number of aromatic nitrogens is 3. The van der Waals surface area contributed by atoms with E-state index >= 15 is 0 Å². The van der Waals surface area contributed by atoms with Gasteiger partial charge in [-0.3, -0.25) is 9.69 Å². The summed E-state index contributed by atoms with van der Waals surface area (Å²) in [5.41, 5.74) is 0.278. The van der Waals surface area contributed by atoms with Crippen LogP contribution in [0.5, 0.6) is 11.6 Å². The first-order valence-corrected chi connectivity index (χ1v) is 15.8. The molecule has 224 valence electrons. The lowest BCUT2D eigenvalue weighted by molar-refractivity contribution is -0.142. The fourth-order valence-corrected chi connectivity index (χ4v) is 6.60. The molecule has 0 aromatic carbocycles. The Balaban J connectivity index is 1.31. The second kappa shape index (κ2) is 13.3. The molecule has 0 spiro atoms. The second-order valence-electron chi connectivity index (χ2n) is 11.2. The summed E-state index contributed by atoms with van der Waals surface area (Å²) < 4.78 is 32.7. The van der Waals surface area contributed by atoms with Crippen molar-refractivity contribution in [3.63, 3.8) is 0 Å². The van der Waals surface area contributed by atoms with Gasteiger partial charge in [0, 0.05) is 32.1 Å². The van der Waals surface area contributed by atoms with Crippen LogP contribution in [0.4, 0.5) is 10.7 Å². The van der Waals surface area contributed by atoms with Gasteiger partial charge in [0.15, 0.2) is 5.75 Å². The van der Waals surface area contributed by atoms with Crippen molar-refractivity contribution < 1.29 is 28.0 Å². The smallest absolute Gasteiger partial charge is 0.442 e. The Kier molecular flexibility index (Phi) is 10.0. The Labute approximate surface area is 245 Å². The zero-order chi connectivity index (χ0) is 29.6. The van der Waals surface area contributed by atoms with Gasteiger partial charge in [-0.2, -0.15) is 0 Å². The predicted molar refractivity (Wildman–Crippen MR) is 155 cm³/mol. The minimum atomic E-state index is -2.69. The number of carbonyl (C=O) groups is 2. The fraction of sp³-hybridized carbons (Fsp3) is 0.593. The number of likely N-dealkylation sites (tertiary alicyclic amines) is 1. The third kappa shape index (κ3) is 9.50. The SMILES string of the molecule is COC(=O)CC1CCN(Cc2cc(Cl)nc(Oc3cnc(N4CCS(=O)(=NC(=O)OC(C)(C)C)CC4)nc3)c2)CC1. The standard InChI is InChI=1S/C27H37ClN6O6S/c1-27(2,3)40-26(36)32-41(37)11-9-34(10-12-41)25-29-16-21(17-30-25)39-23-14-20(13-22(28)31-23)18-33-7-5-19(6-8-33)15-24(35)38-4/h13-14,16-17,19H,5-12,15,18H2,1-4H3. The number of esters is 1. The van der Waals surface area contributed by atoms with E-state index in [4.69, 9.17) is 25.8 Å². The molecule has 12 nitrogen and oxygen atoms in total. The van der Waals surface area contributed by atoms with Crippen LogP contribution < -0.4 is 9.64 Å². The van der Waals surface area contributed by atoms with Crippen molar-refractivity contribution in [3.05, 3.63) is 35.2 Å². The molecule has 0 saturated carbocycles. The normalized spacial score (nSPS) is 18.0. The van der Waals surface area contributed by atoms with Gasteiger partial charge in [0.2, 0.25) is 11.8 Å². The lowest BCUT2D eigenvalue weighted by atomic mass is 9.93. The van der Waals surface area contributed by atoms with Crippen LogP contribution in [0.1, 0.15) is 45.6 Å². The van der Waals surface area contributed by atoms with Crippen LogP contribution in [-0.2, 0) is 30.5 Å². The second-order valence-corrected chi connectivity index (χ2v) is 14.1. The van der Waals surface area contributed by atoms with E-state index in [9.17, 15) is 13.8 Å². The molecule has 0 unspecified atom stereocenters. The van der Waals surface area contributed by atoms with Crippen molar-refractivity contribution in [2.45, 2.75) is 52.2 Å². The number of amides is 1. The van der Waals surface area contributed by atoms with E-state index < -0.39 is 21.4 Å². The van der Waals surface area contributed by atoms with Gasteiger partial charge in [0.1, 0.15) is 10.8 Å². The number of piperidine rings is 1. The number of rotatable bonds is 7. The molecule has 41 heavy (non-hydrogen) atoms. The van der Waals surface area contributed by atoms with Crippen molar-refractivity contribution in [1.29, 1.82) is 0 Å². The summed E-state index contributed by atoms with van der Waals surface area (Å²) in [5, 5.41) is 0.323. The molecule has 2 aromatic rings. The molecule has 2 aliphatic heterocycles. The Hall–Kier alpha value is -3.03. The van der Waals surface area contributed by atoms with E-state index in [1.165, 1.54) is 7.11 Å². The summed E-state index contributed by atoms with van der Waals surface area (Å²) >= 11 is 6.28. The highest BCUT2D eigenvalue weighted by molar-refractivity contribution is 7.94. The van der Waals surface area contributed by atoms with Crippen LogP contribution in [0, 0.1) is 5.92 Å². The molecule has 2 fully saturated rings. The highest BCUT2D eigenvalue weighted by Crippen LogP contribution is 2.26. The maximum absolute atomic E-state index is 13.0. The largest absolute Gasteiger partial charge is 0.469 e. The summed E-state index contributed by atoms with van der Waals surface area (Å²) in [6, 6.07) is 3.66. The number of hydrogen-bond donors (Lipinski definition) is 0. The van der Waals surface area contributed by atoms with Crippen molar-refractivity contribution in [2.75, 3.05) is 49.7 Å². The van der Waals surface area contributed by atoms with E-state index in [0.717, 1.165) is 31.5 Å². The number of anilines is 1. The monoisotopic (exact) mass is 608 g/mol. The van der Waals surface area contributed by atoms with E-state index in [1.807, 2.05) is 17.0 Å². The molecule has 1 amide bonds.